The van der Waals surface area contributed by atoms with Crippen molar-refractivity contribution in [3.8, 4) is 0 Å². The Hall–Kier alpha value is -2.44. The van der Waals surface area contributed by atoms with E-state index in [1.807, 2.05) is 56.3 Å². The minimum Gasteiger partial charge on any atom is -0.311 e. The molecule has 0 aromatic heterocycles. The number of rotatable bonds is 1. The van der Waals surface area contributed by atoms with Gasteiger partial charge in [0.1, 0.15) is 0 Å². The fourth-order valence-electron chi connectivity index (χ4n) is 3.20. The van der Waals surface area contributed by atoms with Gasteiger partial charge in [-0.15, -0.1) is 0 Å². The molecule has 0 atom stereocenters. The lowest BCUT2D eigenvalue weighted by Gasteiger charge is -2.16. The van der Waals surface area contributed by atoms with Crippen LogP contribution in [0.4, 0.5) is 11.4 Å². The molecule has 2 heterocycles. The van der Waals surface area contributed by atoms with E-state index < -0.39 is 0 Å². The maximum atomic E-state index is 13.2. The minimum atomic E-state index is -0.239. The molecule has 0 bridgehead atoms. The Morgan fingerprint density at radius 1 is 0.962 bits per heavy atom. The molecule has 4 rings (SSSR count). The van der Waals surface area contributed by atoms with Gasteiger partial charge in [-0.2, -0.15) is 0 Å². The fraction of sp³-hybridized carbons (Fsp3) is 0.150. The zero-order valence-electron chi connectivity index (χ0n) is 14.6. The predicted octanol–water partition coefficient (Wildman–Crippen LogP) is 4.06. The molecular formula is C20H16N2O2S2. The molecule has 4 nitrogen and oxygen atoms in total. The van der Waals surface area contributed by atoms with Crippen molar-refractivity contribution in [1.82, 2.24) is 0 Å². The molecular weight excluding hydrogens is 364 g/mol. The van der Waals surface area contributed by atoms with Crippen LogP contribution in [0, 0.1) is 13.8 Å². The minimum absolute atomic E-state index is 0.174. The summed E-state index contributed by atoms with van der Waals surface area (Å²) in [6, 6.07) is 13.3. The number of anilines is 2. The molecule has 26 heavy (non-hydrogen) atoms. The van der Waals surface area contributed by atoms with Crippen molar-refractivity contribution in [2.24, 2.45) is 0 Å². The molecule has 1 saturated heterocycles. The topological polar surface area (TPSA) is 40.6 Å². The van der Waals surface area contributed by atoms with Gasteiger partial charge < -0.3 is 4.90 Å². The number of benzene rings is 2. The summed E-state index contributed by atoms with van der Waals surface area (Å²) in [5, 5.41) is 0. The Morgan fingerprint density at radius 3 is 2.42 bits per heavy atom. The normalized spacial score (nSPS) is 19.6. The molecule has 0 N–H and O–H groups in total. The smallest absolute Gasteiger partial charge is 0.271 e. The van der Waals surface area contributed by atoms with Gasteiger partial charge >= 0.3 is 0 Å². The van der Waals surface area contributed by atoms with Crippen LogP contribution in [-0.2, 0) is 9.59 Å². The van der Waals surface area contributed by atoms with Crippen molar-refractivity contribution >= 4 is 57.1 Å². The number of amides is 2. The van der Waals surface area contributed by atoms with Gasteiger partial charge in [0.05, 0.1) is 21.9 Å². The number of hydrogen-bond acceptors (Lipinski definition) is 4. The molecule has 0 radical (unpaired) electrons. The third-order valence-corrected chi connectivity index (χ3v) is 6.17. The number of fused-ring (bicyclic) bond motifs is 1. The number of thioether (sulfide) groups is 1. The number of para-hydroxylation sites is 1. The number of likely N-dealkylation sites (N-methyl/N-ethyl adjacent to an activating group) is 1. The zero-order valence-corrected chi connectivity index (χ0v) is 16.2. The molecule has 130 valence electrons. The maximum Gasteiger partial charge on any atom is 0.271 e. The van der Waals surface area contributed by atoms with E-state index in [0.717, 1.165) is 28.1 Å². The number of aryl methyl sites for hydroxylation is 2. The molecule has 1 fully saturated rings. The summed E-state index contributed by atoms with van der Waals surface area (Å²) < 4.78 is 0.445. The van der Waals surface area contributed by atoms with Gasteiger partial charge in [-0.1, -0.05) is 48.2 Å². The van der Waals surface area contributed by atoms with E-state index in [0.29, 0.717) is 14.8 Å². The number of carbonyl (C=O) groups excluding carboxylic acids is 2. The molecule has 0 aliphatic carbocycles. The Morgan fingerprint density at radius 2 is 1.69 bits per heavy atom. The predicted molar refractivity (Wildman–Crippen MR) is 110 cm³/mol. The van der Waals surface area contributed by atoms with Gasteiger partial charge in [0.15, 0.2) is 4.32 Å². The van der Waals surface area contributed by atoms with Gasteiger partial charge in [0, 0.05) is 12.6 Å². The van der Waals surface area contributed by atoms with Gasteiger partial charge in [-0.25, -0.2) is 0 Å². The van der Waals surface area contributed by atoms with Crippen molar-refractivity contribution in [1.29, 1.82) is 0 Å². The van der Waals surface area contributed by atoms with Crippen LogP contribution in [0.2, 0.25) is 0 Å². The average molecular weight is 380 g/mol. The third kappa shape index (κ3) is 2.40. The Labute approximate surface area is 161 Å². The lowest BCUT2D eigenvalue weighted by Crippen LogP contribution is -2.28. The first-order valence-corrected chi connectivity index (χ1v) is 9.38. The average Bonchev–Trinajstić information content (AvgIpc) is 3.04. The van der Waals surface area contributed by atoms with E-state index >= 15 is 0 Å². The largest absolute Gasteiger partial charge is 0.311 e. The highest BCUT2D eigenvalue weighted by Gasteiger charge is 2.41. The molecule has 2 aliphatic heterocycles. The molecule has 2 aromatic carbocycles. The van der Waals surface area contributed by atoms with Crippen LogP contribution in [-0.4, -0.2) is 23.2 Å². The van der Waals surface area contributed by atoms with Crippen molar-refractivity contribution < 1.29 is 9.59 Å². The van der Waals surface area contributed by atoms with Crippen LogP contribution in [0.3, 0.4) is 0 Å². The Bertz CT molecular complexity index is 1030. The highest BCUT2D eigenvalue weighted by Crippen LogP contribution is 2.45. The van der Waals surface area contributed by atoms with Crippen LogP contribution in [0.15, 0.2) is 47.4 Å². The second-order valence-electron chi connectivity index (χ2n) is 6.36. The molecule has 0 spiro atoms. The van der Waals surface area contributed by atoms with Gasteiger partial charge in [0.2, 0.25) is 0 Å². The van der Waals surface area contributed by atoms with Crippen LogP contribution < -0.4 is 9.80 Å². The fourth-order valence-corrected chi connectivity index (χ4v) is 4.57. The van der Waals surface area contributed by atoms with Gasteiger partial charge in [-0.3, -0.25) is 14.5 Å². The van der Waals surface area contributed by atoms with E-state index in [1.54, 1.807) is 11.9 Å². The van der Waals surface area contributed by atoms with Crippen LogP contribution in [0.1, 0.15) is 16.7 Å². The quantitative estimate of drug-likeness (QED) is 0.553. The second kappa shape index (κ2) is 6.07. The van der Waals surface area contributed by atoms with E-state index in [2.05, 4.69) is 0 Å². The lowest BCUT2D eigenvalue weighted by molar-refractivity contribution is -0.115. The molecule has 6 heteroatoms. The summed E-state index contributed by atoms with van der Waals surface area (Å²) in [4.78, 5) is 29.4. The number of nitrogens with zero attached hydrogens (tertiary/aromatic N) is 2. The molecule has 0 saturated carbocycles. The summed E-state index contributed by atoms with van der Waals surface area (Å²) in [5.41, 5.74) is 5.00. The van der Waals surface area contributed by atoms with E-state index in [-0.39, 0.29) is 11.8 Å². The van der Waals surface area contributed by atoms with E-state index in [4.69, 9.17) is 12.2 Å². The number of thiocarbonyl (C=S) groups is 1. The van der Waals surface area contributed by atoms with E-state index in [9.17, 15) is 9.59 Å². The van der Waals surface area contributed by atoms with Gasteiger partial charge in [0.25, 0.3) is 11.8 Å². The summed E-state index contributed by atoms with van der Waals surface area (Å²) in [6.07, 6.45) is 0. The molecule has 2 aromatic rings. The zero-order chi connectivity index (χ0) is 18.6. The standard InChI is InChI=1S/C20H16N2O2S2/c1-11-8-9-13(10-12(11)2)22-19(24)17(26-20(22)25)16-14-6-4-5-7-15(14)21(3)18(16)23/h4-10H,1-3H3/b17-16+. The first kappa shape index (κ1) is 17.0. The van der Waals surface area contributed by atoms with Crippen LogP contribution >= 0.6 is 24.0 Å². The SMILES string of the molecule is Cc1ccc(N2C(=O)/C(=C3\C(=O)N(C)c4ccccc43)SC2=S)cc1C. The van der Waals surface area contributed by atoms with Crippen molar-refractivity contribution in [2.45, 2.75) is 13.8 Å². The summed E-state index contributed by atoms with van der Waals surface area (Å²) in [6.45, 7) is 4.02. The highest BCUT2D eigenvalue weighted by molar-refractivity contribution is 8.27. The van der Waals surface area contributed by atoms with E-state index in [1.165, 1.54) is 16.7 Å². The number of hydrogen-bond donors (Lipinski definition) is 0. The highest BCUT2D eigenvalue weighted by atomic mass is 32.2. The Balaban J connectivity index is 1.84. The Kier molecular flexibility index (Phi) is 3.97. The second-order valence-corrected chi connectivity index (χ2v) is 8.01. The third-order valence-electron chi connectivity index (χ3n) is 4.80. The monoisotopic (exact) mass is 380 g/mol. The lowest BCUT2D eigenvalue weighted by atomic mass is 10.1. The van der Waals surface area contributed by atoms with Crippen molar-refractivity contribution in [3.05, 3.63) is 64.1 Å². The molecule has 2 amide bonds. The van der Waals surface area contributed by atoms with Crippen molar-refractivity contribution in [2.75, 3.05) is 16.8 Å². The van der Waals surface area contributed by atoms with Crippen molar-refractivity contribution in [3.63, 3.8) is 0 Å². The van der Waals surface area contributed by atoms with Gasteiger partial charge in [-0.05, 0) is 43.2 Å². The van der Waals surface area contributed by atoms with Crippen LogP contribution in [0.5, 0.6) is 0 Å². The first-order chi connectivity index (χ1) is 12.4. The molecule has 2 aliphatic rings. The maximum absolute atomic E-state index is 13.2. The summed E-state index contributed by atoms with van der Waals surface area (Å²) in [7, 11) is 1.72. The number of carbonyl (C=O) groups is 2. The summed E-state index contributed by atoms with van der Waals surface area (Å²) in [5.74, 6) is -0.413. The first-order valence-electron chi connectivity index (χ1n) is 8.15. The molecule has 0 unspecified atom stereocenters. The summed E-state index contributed by atoms with van der Waals surface area (Å²) >= 11 is 6.66. The van der Waals surface area contributed by atoms with Crippen LogP contribution in [0.25, 0.3) is 5.57 Å².